The standard InChI is InChI=1S/C11H10ClN3O3/c12-8-3-1-2-7(4-8)9(16)5-15-6-13-10(14-15)11(17)18/h1-4,6,9,16H,5H2,(H,17,18)/t9-/m1/s1. The van der Waals surface area contributed by atoms with Crippen LogP contribution in [0.1, 0.15) is 22.3 Å². The lowest BCUT2D eigenvalue weighted by Crippen LogP contribution is -2.10. The van der Waals surface area contributed by atoms with Gasteiger partial charge in [0.15, 0.2) is 0 Å². The number of hydrogen-bond donors (Lipinski definition) is 2. The van der Waals surface area contributed by atoms with Crippen molar-refractivity contribution >= 4 is 17.6 Å². The lowest BCUT2D eigenvalue weighted by atomic mass is 10.1. The molecule has 2 rings (SSSR count). The fourth-order valence-corrected chi connectivity index (χ4v) is 1.68. The highest BCUT2D eigenvalue weighted by Gasteiger charge is 2.13. The van der Waals surface area contributed by atoms with E-state index in [4.69, 9.17) is 16.7 Å². The van der Waals surface area contributed by atoms with Gasteiger partial charge >= 0.3 is 5.97 Å². The van der Waals surface area contributed by atoms with Gasteiger partial charge in [-0.1, -0.05) is 23.7 Å². The van der Waals surface area contributed by atoms with Gasteiger partial charge in [-0.15, -0.1) is 5.10 Å². The summed E-state index contributed by atoms with van der Waals surface area (Å²) in [7, 11) is 0. The fourth-order valence-electron chi connectivity index (χ4n) is 1.48. The van der Waals surface area contributed by atoms with Crippen LogP contribution in [0.2, 0.25) is 5.02 Å². The number of aliphatic hydroxyl groups is 1. The van der Waals surface area contributed by atoms with Crippen molar-refractivity contribution in [1.82, 2.24) is 14.8 Å². The highest BCUT2D eigenvalue weighted by Crippen LogP contribution is 2.18. The van der Waals surface area contributed by atoms with E-state index in [1.165, 1.54) is 11.0 Å². The number of nitrogens with zero attached hydrogens (tertiary/aromatic N) is 3. The summed E-state index contributed by atoms with van der Waals surface area (Å²) in [6, 6.07) is 6.80. The van der Waals surface area contributed by atoms with Crippen molar-refractivity contribution in [3.8, 4) is 0 Å². The molecule has 0 unspecified atom stereocenters. The fraction of sp³-hybridized carbons (Fsp3) is 0.182. The molecule has 1 atom stereocenters. The van der Waals surface area contributed by atoms with Crippen LogP contribution in [-0.2, 0) is 6.54 Å². The summed E-state index contributed by atoms with van der Waals surface area (Å²) in [6.07, 6.45) is 0.434. The number of aromatic nitrogens is 3. The van der Waals surface area contributed by atoms with Gasteiger partial charge in [0, 0.05) is 5.02 Å². The molecule has 0 fully saturated rings. The van der Waals surface area contributed by atoms with Crippen molar-refractivity contribution < 1.29 is 15.0 Å². The normalized spacial score (nSPS) is 12.3. The molecular formula is C11H10ClN3O3. The number of rotatable bonds is 4. The number of carbonyl (C=O) groups is 1. The first-order valence-corrected chi connectivity index (χ1v) is 5.50. The van der Waals surface area contributed by atoms with E-state index in [0.29, 0.717) is 10.6 Å². The molecule has 0 aliphatic carbocycles. The van der Waals surface area contributed by atoms with Crippen molar-refractivity contribution in [2.24, 2.45) is 0 Å². The summed E-state index contributed by atoms with van der Waals surface area (Å²) in [5.74, 6) is -1.50. The van der Waals surface area contributed by atoms with Gasteiger partial charge in [0.2, 0.25) is 0 Å². The monoisotopic (exact) mass is 267 g/mol. The van der Waals surface area contributed by atoms with E-state index in [0.717, 1.165) is 0 Å². The van der Waals surface area contributed by atoms with Gasteiger partial charge in [-0.2, -0.15) is 0 Å². The van der Waals surface area contributed by atoms with Crippen LogP contribution >= 0.6 is 11.6 Å². The van der Waals surface area contributed by atoms with Gasteiger partial charge in [-0.3, -0.25) is 0 Å². The molecule has 18 heavy (non-hydrogen) atoms. The lowest BCUT2D eigenvalue weighted by molar-refractivity contribution is 0.0682. The number of aliphatic hydroxyl groups excluding tert-OH is 1. The van der Waals surface area contributed by atoms with Crippen LogP contribution in [0, 0.1) is 0 Å². The summed E-state index contributed by atoms with van der Waals surface area (Å²) in [6.45, 7) is 0.112. The van der Waals surface area contributed by atoms with E-state index < -0.39 is 12.1 Å². The van der Waals surface area contributed by atoms with Crippen LogP contribution in [0.4, 0.5) is 0 Å². The maximum atomic E-state index is 10.6. The predicted octanol–water partition coefficient (Wildman–Crippen LogP) is 1.36. The van der Waals surface area contributed by atoms with Gasteiger partial charge < -0.3 is 10.2 Å². The van der Waals surface area contributed by atoms with Crippen molar-refractivity contribution in [2.75, 3.05) is 0 Å². The second-order valence-electron chi connectivity index (χ2n) is 3.67. The Hall–Kier alpha value is -1.92. The number of carboxylic acids is 1. The number of benzene rings is 1. The molecule has 0 aliphatic heterocycles. The zero-order valence-corrected chi connectivity index (χ0v) is 9.95. The lowest BCUT2D eigenvalue weighted by Gasteiger charge is -2.10. The average molecular weight is 268 g/mol. The van der Waals surface area contributed by atoms with Crippen LogP contribution in [-0.4, -0.2) is 30.9 Å². The molecule has 0 radical (unpaired) electrons. The largest absolute Gasteiger partial charge is 0.475 e. The van der Waals surface area contributed by atoms with Crippen LogP contribution in [0.3, 0.4) is 0 Å². The first kappa shape index (κ1) is 12.5. The molecule has 1 heterocycles. The second-order valence-corrected chi connectivity index (χ2v) is 4.10. The summed E-state index contributed by atoms with van der Waals surface area (Å²) in [4.78, 5) is 14.2. The molecule has 0 spiro atoms. The first-order valence-electron chi connectivity index (χ1n) is 5.12. The Bertz CT molecular complexity index is 570. The van der Waals surface area contributed by atoms with Crippen LogP contribution in [0.5, 0.6) is 0 Å². The van der Waals surface area contributed by atoms with Gasteiger partial charge in [-0.25, -0.2) is 14.5 Å². The Balaban J connectivity index is 2.11. The Morgan fingerprint density at radius 2 is 2.28 bits per heavy atom. The zero-order chi connectivity index (χ0) is 13.1. The molecule has 2 aromatic rings. The third-order valence-electron chi connectivity index (χ3n) is 2.32. The molecule has 0 bridgehead atoms. The third kappa shape index (κ3) is 2.85. The molecule has 2 N–H and O–H groups in total. The third-order valence-corrected chi connectivity index (χ3v) is 2.56. The van der Waals surface area contributed by atoms with Crippen LogP contribution in [0.25, 0.3) is 0 Å². The number of carboxylic acid groups (broad SMARTS) is 1. The van der Waals surface area contributed by atoms with E-state index in [2.05, 4.69) is 10.1 Å². The molecule has 94 valence electrons. The Morgan fingerprint density at radius 1 is 1.50 bits per heavy atom. The maximum absolute atomic E-state index is 10.6. The molecule has 1 aromatic heterocycles. The van der Waals surface area contributed by atoms with Gasteiger partial charge in [0.1, 0.15) is 6.33 Å². The predicted molar refractivity (Wildman–Crippen MR) is 63.4 cm³/mol. The molecule has 0 aliphatic rings. The second kappa shape index (κ2) is 5.16. The molecule has 6 nitrogen and oxygen atoms in total. The van der Waals surface area contributed by atoms with E-state index in [1.54, 1.807) is 24.3 Å². The SMILES string of the molecule is O=C(O)c1ncn(C[C@@H](O)c2cccc(Cl)c2)n1. The minimum atomic E-state index is -1.20. The Kier molecular flexibility index (Phi) is 3.59. The van der Waals surface area contributed by atoms with E-state index in [1.807, 2.05) is 0 Å². The van der Waals surface area contributed by atoms with Crippen molar-refractivity contribution in [3.63, 3.8) is 0 Å². The van der Waals surface area contributed by atoms with E-state index >= 15 is 0 Å². The smallest absolute Gasteiger partial charge is 0.375 e. The molecule has 1 aromatic carbocycles. The van der Waals surface area contributed by atoms with Gasteiger partial charge in [0.05, 0.1) is 12.6 Å². The van der Waals surface area contributed by atoms with E-state index in [9.17, 15) is 9.90 Å². The minimum Gasteiger partial charge on any atom is -0.475 e. The van der Waals surface area contributed by atoms with Crippen molar-refractivity contribution in [2.45, 2.75) is 12.6 Å². The molecular weight excluding hydrogens is 258 g/mol. The molecule has 0 saturated carbocycles. The van der Waals surface area contributed by atoms with Gasteiger partial charge in [-0.05, 0) is 17.7 Å². The summed E-state index contributed by atoms with van der Waals surface area (Å²) >= 11 is 5.81. The van der Waals surface area contributed by atoms with Crippen LogP contribution < -0.4 is 0 Å². The zero-order valence-electron chi connectivity index (χ0n) is 9.19. The minimum absolute atomic E-state index is 0.112. The number of hydrogen-bond acceptors (Lipinski definition) is 4. The highest BCUT2D eigenvalue weighted by molar-refractivity contribution is 6.30. The Labute approximate surface area is 107 Å². The Morgan fingerprint density at radius 3 is 2.89 bits per heavy atom. The number of aromatic carboxylic acids is 1. The van der Waals surface area contributed by atoms with Crippen molar-refractivity contribution in [1.29, 1.82) is 0 Å². The summed E-state index contributed by atoms with van der Waals surface area (Å²) in [5, 5.41) is 22.9. The summed E-state index contributed by atoms with van der Waals surface area (Å²) < 4.78 is 1.27. The maximum Gasteiger partial charge on any atom is 0.375 e. The van der Waals surface area contributed by atoms with E-state index in [-0.39, 0.29) is 12.4 Å². The number of halogens is 1. The van der Waals surface area contributed by atoms with Crippen molar-refractivity contribution in [3.05, 3.63) is 47.0 Å². The quantitative estimate of drug-likeness (QED) is 0.873. The van der Waals surface area contributed by atoms with Gasteiger partial charge in [0.25, 0.3) is 5.82 Å². The highest BCUT2D eigenvalue weighted by atomic mass is 35.5. The first-order chi connectivity index (χ1) is 8.56. The average Bonchev–Trinajstić information content (AvgIpc) is 2.77. The summed E-state index contributed by atoms with van der Waals surface area (Å²) in [5.41, 5.74) is 0.634. The molecule has 0 saturated heterocycles. The molecule has 0 amide bonds. The molecule has 7 heteroatoms. The topological polar surface area (TPSA) is 88.2 Å². The van der Waals surface area contributed by atoms with Crippen LogP contribution in [0.15, 0.2) is 30.6 Å².